The van der Waals surface area contributed by atoms with Gasteiger partial charge in [-0.1, -0.05) is 18.2 Å². The number of hydrogen-bond donors (Lipinski definition) is 0. The molecule has 0 spiro atoms. The molecule has 0 unspecified atom stereocenters. The van der Waals surface area contributed by atoms with Gasteiger partial charge in [0, 0.05) is 5.39 Å². The van der Waals surface area contributed by atoms with Crippen molar-refractivity contribution in [2.24, 2.45) is 0 Å². The van der Waals surface area contributed by atoms with Crippen LogP contribution in [0.1, 0.15) is 11.1 Å². The molecule has 3 aromatic rings. The molecule has 2 aromatic heterocycles. The number of rotatable bonds is 1. The van der Waals surface area contributed by atoms with Crippen LogP contribution < -0.4 is 0 Å². The van der Waals surface area contributed by atoms with Crippen LogP contribution in [-0.2, 0) is 0 Å². The first-order valence-electron chi connectivity index (χ1n) is 5.67. The van der Waals surface area contributed by atoms with Crippen LogP contribution in [0.4, 0.5) is 0 Å². The summed E-state index contributed by atoms with van der Waals surface area (Å²) in [5, 5.41) is 1.21. The second kappa shape index (κ2) is 3.74. The van der Waals surface area contributed by atoms with Crippen molar-refractivity contribution in [2.45, 2.75) is 13.8 Å². The quantitative estimate of drug-likeness (QED) is 0.620. The number of aromatic nitrogens is 1. The summed E-state index contributed by atoms with van der Waals surface area (Å²) in [6.45, 7) is 4.22. The lowest BCUT2D eigenvalue weighted by molar-refractivity contribution is 0.580. The molecule has 0 saturated carbocycles. The predicted octanol–water partition coefficient (Wildman–Crippen LogP) is 4.11. The first kappa shape index (κ1) is 10.1. The molecule has 2 heteroatoms. The third kappa shape index (κ3) is 1.53. The summed E-state index contributed by atoms with van der Waals surface area (Å²) in [4.78, 5) is 4.68. The molecular formula is C15H13NO. The molecule has 0 saturated heterocycles. The Labute approximate surface area is 99.9 Å². The summed E-state index contributed by atoms with van der Waals surface area (Å²) < 4.78 is 5.44. The van der Waals surface area contributed by atoms with E-state index in [1.807, 2.05) is 30.3 Å². The van der Waals surface area contributed by atoms with Crippen LogP contribution in [0.2, 0.25) is 0 Å². The van der Waals surface area contributed by atoms with Crippen LogP contribution in [0.25, 0.3) is 22.4 Å². The highest BCUT2D eigenvalue weighted by molar-refractivity contribution is 5.86. The van der Waals surface area contributed by atoms with Crippen LogP contribution >= 0.6 is 0 Å². The largest absolute Gasteiger partial charge is 0.463 e. The Morgan fingerprint density at radius 1 is 0.941 bits per heavy atom. The van der Waals surface area contributed by atoms with Gasteiger partial charge in [0.25, 0.3) is 0 Å². The summed E-state index contributed by atoms with van der Waals surface area (Å²) in [5.41, 5.74) is 4.40. The van der Waals surface area contributed by atoms with E-state index in [0.717, 1.165) is 17.0 Å². The van der Waals surface area contributed by atoms with E-state index in [1.54, 1.807) is 6.26 Å². The average Bonchev–Trinajstić information content (AvgIpc) is 2.87. The molecule has 0 fully saturated rings. The van der Waals surface area contributed by atoms with Gasteiger partial charge in [-0.3, -0.25) is 0 Å². The van der Waals surface area contributed by atoms with Gasteiger partial charge >= 0.3 is 0 Å². The number of hydrogen-bond acceptors (Lipinski definition) is 2. The fourth-order valence-electron chi connectivity index (χ4n) is 2.13. The minimum absolute atomic E-state index is 0.830. The summed E-state index contributed by atoms with van der Waals surface area (Å²) in [5.74, 6) is 0.830. The minimum Gasteiger partial charge on any atom is -0.463 e. The van der Waals surface area contributed by atoms with Gasteiger partial charge in [0.2, 0.25) is 0 Å². The molecule has 0 N–H and O–H groups in total. The molecule has 0 radical (unpaired) electrons. The van der Waals surface area contributed by atoms with Crippen molar-refractivity contribution >= 4 is 10.9 Å². The van der Waals surface area contributed by atoms with Crippen molar-refractivity contribution in [3.63, 3.8) is 0 Å². The van der Waals surface area contributed by atoms with Crippen molar-refractivity contribution in [1.29, 1.82) is 0 Å². The minimum atomic E-state index is 0.830. The molecule has 2 nitrogen and oxygen atoms in total. The number of para-hydroxylation sites is 1. The third-order valence-corrected chi connectivity index (χ3v) is 3.21. The van der Waals surface area contributed by atoms with E-state index in [9.17, 15) is 0 Å². The van der Waals surface area contributed by atoms with E-state index in [1.165, 1.54) is 16.5 Å². The van der Waals surface area contributed by atoms with E-state index < -0.39 is 0 Å². The van der Waals surface area contributed by atoms with Crippen LogP contribution in [0.15, 0.2) is 47.1 Å². The maximum atomic E-state index is 5.44. The number of furan rings is 1. The summed E-state index contributed by atoms with van der Waals surface area (Å²) in [6.07, 6.45) is 1.68. The Hall–Kier alpha value is -2.09. The Bertz CT molecular complexity index is 669. The lowest BCUT2D eigenvalue weighted by Gasteiger charge is -2.09. The maximum absolute atomic E-state index is 5.44. The van der Waals surface area contributed by atoms with Crippen molar-refractivity contribution < 1.29 is 4.42 Å². The van der Waals surface area contributed by atoms with Crippen molar-refractivity contribution in [3.05, 3.63) is 53.8 Å². The fourth-order valence-corrected chi connectivity index (χ4v) is 2.13. The Morgan fingerprint density at radius 3 is 2.53 bits per heavy atom. The van der Waals surface area contributed by atoms with Gasteiger partial charge in [-0.25, -0.2) is 4.98 Å². The molecule has 0 aliphatic heterocycles. The van der Waals surface area contributed by atoms with Crippen LogP contribution in [-0.4, -0.2) is 4.98 Å². The van der Waals surface area contributed by atoms with Gasteiger partial charge in [-0.05, 0) is 43.2 Å². The van der Waals surface area contributed by atoms with Gasteiger partial charge in [-0.15, -0.1) is 0 Å². The molecule has 84 valence electrons. The molecule has 1 aromatic carbocycles. The molecule has 2 heterocycles. The molecular weight excluding hydrogens is 210 g/mol. The molecule has 0 amide bonds. The first-order valence-corrected chi connectivity index (χ1v) is 5.67. The zero-order chi connectivity index (χ0) is 11.8. The average molecular weight is 223 g/mol. The van der Waals surface area contributed by atoms with Crippen molar-refractivity contribution in [2.75, 3.05) is 0 Å². The van der Waals surface area contributed by atoms with Gasteiger partial charge in [0.1, 0.15) is 5.69 Å². The van der Waals surface area contributed by atoms with Gasteiger partial charge < -0.3 is 4.42 Å². The zero-order valence-electron chi connectivity index (χ0n) is 9.90. The Kier molecular flexibility index (Phi) is 2.22. The van der Waals surface area contributed by atoms with E-state index in [4.69, 9.17) is 4.42 Å². The Balaban J connectivity index is 2.37. The van der Waals surface area contributed by atoms with Gasteiger partial charge in [0.05, 0.1) is 11.8 Å². The van der Waals surface area contributed by atoms with Crippen LogP contribution in [0, 0.1) is 13.8 Å². The number of fused-ring (bicyclic) bond motifs is 1. The molecule has 17 heavy (non-hydrogen) atoms. The lowest BCUT2D eigenvalue weighted by atomic mass is 10.0. The van der Waals surface area contributed by atoms with E-state index >= 15 is 0 Å². The van der Waals surface area contributed by atoms with E-state index in [-0.39, 0.29) is 0 Å². The van der Waals surface area contributed by atoms with Crippen LogP contribution in [0.3, 0.4) is 0 Å². The number of pyridine rings is 1. The molecule has 3 rings (SSSR count). The highest BCUT2D eigenvalue weighted by Gasteiger charge is 2.11. The molecule has 0 atom stereocenters. The maximum Gasteiger partial charge on any atom is 0.152 e. The third-order valence-electron chi connectivity index (χ3n) is 3.21. The topological polar surface area (TPSA) is 26.0 Å². The predicted molar refractivity (Wildman–Crippen MR) is 68.9 cm³/mol. The number of benzene rings is 1. The zero-order valence-corrected chi connectivity index (χ0v) is 9.90. The summed E-state index contributed by atoms with van der Waals surface area (Å²) in [6, 6.07) is 12.0. The van der Waals surface area contributed by atoms with Gasteiger partial charge in [-0.2, -0.15) is 0 Å². The standard InChI is InChI=1S/C15H13NO/c1-10-11(2)15(14-8-5-9-17-14)16-13-7-4-3-6-12(10)13/h3-9H,1-2H3. The molecule has 0 aliphatic carbocycles. The van der Waals surface area contributed by atoms with Gasteiger partial charge in [0.15, 0.2) is 5.76 Å². The van der Waals surface area contributed by atoms with E-state index in [0.29, 0.717) is 0 Å². The molecule has 0 bridgehead atoms. The second-order valence-corrected chi connectivity index (χ2v) is 4.20. The highest BCUT2D eigenvalue weighted by Crippen LogP contribution is 2.28. The summed E-state index contributed by atoms with van der Waals surface area (Å²) in [7, 11) is 0. The fraction of sp³-hybridized carbons (Fsp3) is 0.133. The smallest absolute Gasteiger partial charge is 0.152 e. The normalized spacial score (nSPS) is 10.9. The lowest BCUT2D eigenvalue weighted by Crippen LogP contribution is -1.93. The number of aryl methyl sites for hydroxylation is 1. The number of nitrogens with zero attached hydrogens (tertiary/aromatic N) is 1. The SMILES string of the molecule is Cc1c(-c2ccco2)nc2ccccc2c1C. The second-order valence-electron chi connectivity index (χ2n) is 4.20. The van der Waals surface area contributed by atoms with Crippen molar-refractivity contribution in [3.8, 4) is 11.5 Å². The van der Waals surface area contributed by atoms with E-state index in [2.05, 4.69) is 24.9 Å². The first-order chi connectivity index (χ1) is 8.27. The van der Waals surface area contributed by atoms with Crippen molar-refractivity contribution in [1.82, 2.24) is 4.98 Å². The Morgan fingerprint density at radius 2 is 1.76 bits per heavy atom. The summed E-state index contributed by atoms with van der Waals surface area (Å²) >= 11 is 0. The van der Waals surface area contributed by atoms with Crippen LogP contribution in [0.5, 0.6) is 0 Å². The highest BCUT2D eigenvalue weighted by atomic mass is 16.3. The molecule has 0 aliphatic rings. The monoisotopic (exact) mass is 223 g/mol.